The van der Waals surface area contributed by atoms with E-state index in [0.717, 1.165) is 22.2 Å². The molecule has 116 valence electrons. The van der Waals surface area contributed by atoms with E-state index in [1.54, 1.807) is 6.07 Å². The molecule has 0 heterocycles. The van der Waals surface area contributed by atoms with E-state index in [9.17, 15) is 4.79 Å². The number of ether oxygens (including phenoxy) is 1. The molecule has 22 heavy (non-hydrogen) atoms. The predicted molar refractivity (Wildman–Crippen MR) is 95.3 cm³/mol. The van der Waals surface area contributed by atoms with Gasteiger partial charge in [-0.3, -0.25) is 4.79 Å². The van der Waals surface area contributed by atoms with Crippen molar-refractivity contribution >= 4 is 31.0 Å². The Bertz CT molecular complexity index is 690. The van der Waals surface area contributed by atoms with Crippen LogP contribution in [0.2, 0.25) is 5.02 Å². The lowest BCUT2D eigenvalue weighted by Gasteiger charge is -2.21. The van der Waals surface area contributed by atoms with Gasteiger partial charge in [0.2, 0.25) is 0 Å². The zero-order valence-corrected chi connectivity index (χ0v) is 15.0. The van der Waals surface area contributed by atoms with E-state index in [-0.39, 0.29) is 19.7 Å². The number of benzene rings is 2. The van der Waals surface area contributed by atoms with Crippen molar-refractivity contribution < 1.29 is 9.53 Å². The quantitative estimate of drug-likeness (QED) is 0.738. The zero-order chi connectivity index (χ0) is 16.3. The van der Waals surface area contributed by atoms with Gasteiger partial charge >= 0.3 is 0 Å². The van der Waals surface area contributed by atoms with Crippen LogP contribution in [-0.2, 0) is 0 Å². The molecular formula is C18H20ClO2P. The van der Waals surface area contributed by atoms with Crippen LogP contribution in [-0.4, -0.2) is 11.1 Å². The molecule has 0 spiro atoms. The van der Waals surface area contributed by atoms with Crippen LogP contribution in [0.5, 0.6) is 5.75 Å². The van der Waals surface area contributed by atoms with Crippen LogP contribution < -0.4 is 10.0 Å². The van der Waals surface area contributed by atoms with Crippen LogP contribution in [0, 0.1) is 6.92 Å². The average molecular weight is 335 g/mol. The molecule has 0 aliphatic carbocycles. The minimum atomic E-state index is -0.274. The van der Waals surface area contributed by atoms with Crippen LogP contribution in [0.3, 0.4) is 0 Å². The molecule has 0 aromatic heterocycles. The van der Waals surface area contributed by atoms with Gasteiger partial charge in [0.1, 0.15) is 11.4 Å². The Morgan fingerprint density at radius 1 is 1.14 bits per heavy atom. The first-order chi connectivity index (χ1) is 10.3. The summed E-state index contributed by atoms with van der Waals surface area (Å²) in [4.78, 5) is 12.4. The fourth-order valence-corrected chi connectivity index (χ4v) is 3.36. The van der Waals surface area contributed by atoms with Crippen LogP contribution in [0.1, 0.15) is 36.7 Å². The second kappa shape index (κ2) is 6.81. The fourth-order valence-electron chi connectivity index (χ4n) is 2.03. The number of hydrogen-bond donors (Lipinski definition) is 0. The minimum absolute atomic E-state index is 0.00896. The van der Waals surface area contributed by atoms with Crippen molar-refractivity contribution in [3.05, 3.63) is 58.6 Å². The predicted octanol–water partition coefficient (Wildman–Crippen LogP) is 4.97. The van der Waals surface area contributed by atoms with Crippen LogP contribution in [0.15, 0.2) is 42.5 Å². The van der Waals surface area contributed by atoms with E-state index in [4.69, 9.17) is 16.3 Å². The SMILES string of the molecule is Cc1ccccc1C(=O)Pc1ccc(OC(C)(C)C)cc1Cl. The third-order valence-corrected chi connectivity index (χ3v) is 4.68. The number of halogens is 1. The highest BCUT2D eigenvalue weighted by Gasteiger charge is 2.15. The number of hydrogen-bond acceptors (Lipinski definition) is 2. The molecule has 0 aliphatic rings. The third kappa shape index (κ3) is 4.56. The van der Waals surface area contributed by atoms with Gasteiger partial charge in [-0.2, -0.15) is 0 Å². The lowest BCUT2D eigenvalue weighted by molar-refractivity contribution is 0.108. The van der Waals surface area contributed by atoms with E-state index < -0.39 is 0 Å². The van der Waals surface area contributed by atoms with Gasteiger partial charge in [0.05, 0.1) is 5.02 Å². The number of rotatable bonds is 4. The minimum Gasteiger partial charge on any atom is -0.488 e. The van der Waals surface area contributed by atoms with Gasteiger partial charge in [-0.15, -0.1) is 0 Å². The van der Waals surface area contributed by atoms with E-state index in [1.165, 1.54) is 0 Å². The molecular weight excluding hydrogens is 315 g/mol. The smallest absolute Gasteiger partial charge is 0.185 e. The Labute approximate surface area is 138 Å². The highest BCUT2D eigenvalue weighted by molar-refractivity contribution is 7.66. The van der Waals surface area contributed by atoms with Crippen molar-refractivity contribution in [2.45, 2.75) is 33.3 Å². The molecule has 0 saturated heterocycles. The van der Waals surface area contributed by atoms with Crippen LogP contribution in [0.4, 0.5) is 0 Å². The van der Waals surface area contributed by atoms with Gasteiger partial charge < -0.3 is 4.74 Å². The monoisotopic (exact) mass is 334 g/mol. The van der Waals surface area contributed by atoms with Gasteiger partial charge in [0.25, 0.3) is 0 Å². The van der Waals surface area contributed by atoms with E-state index >= 15 is 0 Å². The van der Waals surface area contributed by atoms with E-state index in [1.807, 2.05) is 64.1 Å². The van der Waals surface area contributed by atoms with Crippen molar-refractivity contribution in [3.8, 4) is 5.75 Å². The summed E-state index contributed by atoms with van der Waals surface area (Å²) >= 11 is 6.30. The maximum atomic E-state index is 12.4. The fraction of sp³-hybridized carbons (Fsp3) is 0.278. The maximum Gasteiger partial charge on any atom is 0.185 e. The summed E-state index contributed by atoms with van der Waals surface area (Å²) in [5.41, 5.74) is 1.57. The second-order valence-corrected chi connectivity index (χ2v) is 7.78. The topological polar surface area (TPSA) is 26.3 Å². The number of aryl methyl sites for hydroxylation is 1. The Kier molecular flexibility index (Phi) is 5.26. The van der Waals surface area contributed by atoms with Crippen LogP contribution in [0.25, 0.3) is 0 Å². The zero-order valence-electron chi connectivity index (χ0n) is 13.2. The standard InChI is InChI=1S/C18H20ClO2P/c1-12-7-5-6-8-14(12)17(20)22-16-10-9-13(11-15(16)19)21-18(2,3)4/h5-11,22H,1-4H3. The third-order valence-electron chi connectivity index (χ3n) is 3.00. The molecule has 0 radical (unpaired) electrons. The Morgan fingerprint density at radius 3 is 2.41 bits per heavy atom. The molecule has 0 N–H and O–H groups in total. The largest absolute Gasteiger partial charge is 0.488 e. The van der Waals surface area contributed by atoms with Crippen molar-refractivity contribution in [1.82, 2.24) is 0 Å². The highest BCUT2D eigenvalue weighted by Crippen LogP contribution is 2.28. The average Bonchev–Trinajstić information content (AvgIpc) is 2.40. The first kappa shape index (κ1) is 17.0. The van der Waals surface area contributed by atoms with Crippen molar-refractivity contribution in [2.24, 2.45) is 0 Å². The van der Waals surface area contributed by atoms with Crippen molar-refractivity contribution in [3.63, 3.8) is 0 Å². The molecule has 1 atom stereocenters. The van der Waals surface area contributed by atoms with Gasteiger partial charge in [-0.1, -0.05) is 35.9 Å². The summed E-state index contributed by atoms with van der Waals surface area (Å²) in [5.74, 6) is 0.717. The maximum absolute atomic E-state index is 12.4. The molecule has 1 unspecified atom stereocenters. The Morgan fingerprint density at radius 2 is 1.82 bits per heavy atom. The van der Waals surface area contributed by atoms with Crippen molar-refractivity contribution in [1.29, 1.82) is 0 Å². The lowest BCUT2D eigenvalue weighted by atomic mass is 10.1. The summed E-state index contributed by atoms with van der Waals surface area (Å²) in [7, 11) is 0.00896. The lowest BCUT2D eigenvalue weighted by Crippen LogP contribution is -2.23. The van der Waals surface area contributed by atoms with Gasteiger partial charge in [-0.05, 0) is 65.3 Å². The summed E-state index contributed by atoms with van der Waals surface area (Å²) in [6, 6.07) is 13.1. The second-order valence-electron chi connectivity index (χ2n) is 6.13. The molecule has 2 nitrogen and oxygen atoms in total. The summed E-state index contributed by atoms with van der Waals surface area (Å²) < 4.78 is 5.78. The molecule has 0 saturated carbocycles. The number of carbonyl (C=O) groups is 1. The van der Waals surface area contributed by atoms with Gasteiger partial charge in [-0.25, -0.2) is 0 Å². The molecule has 0 aliphatic heterocycles. The van der Waals surface area contributed by atoms with Gasteiger partial charge in [0.15, 0.2) is 5.52 Å². The summed E-state index contributed by atoms with van der Waals surface area (Å²) in [6.07, 6.45) is 0. The van der Waals surface area contributed by atoms with E-state index in [0.29, 0.717) is 5.02 Å². The number of carbonyl (C=O) groups excluding carboxylic acids is 1. The highest BCUT2D eigenvalue weighted by atomic mass is 35.5. The molecule has 2 aromatic carbocycles. The molecule has 4 heteroatoms. The molecule has 0 fully saturated rings. The normalized spacial score (nSPS) is 11.9. The Hall–Kier alpha value is -1.37. The molecule has 2 rings (SSSR count). The molecule has 2 aromatic rings. The first-order valence-corrected chi connectivity index (χ1v) is 8.49. The summed E-state index contributed by atoms with van der Waals surface area (Å²) in [6.45, 7) is 7.90. The first-order valence-electron chi connectivity index (χ1n) is 7.12. The van der Waals surface area contributed by atoms with Crippen LogP contribution >= 0.6 is 20.2 Å². The summed E-state index contributed by atoms with van der Waals surface area (Å²) in [5, 5.41) is 1.41. The van der Waals surface area contributed by atoms with Gasteiger partial charge in [0, 0.05) is 5.56 Å². The van der Waals surface area contributed by atoms with Crippen molar-refractivity contribution in [2.75, 3.05) is 0 Å². The molecule has 0 amide bonds. The molecule has 0 bridgehead atoms. The van der Waals surface area contributed by atoms with E-state index in [2.05, 4.69) is 0 Å². The Balaban J connectivity index is 2.17.